The van der Waals surface area contributed by atoms with Gasteiger partial charge in [-0.1, -0.05) is 176 Å². The van der Waals surface area contributed by atoms with E-state index in [0.717, 1.165) is 24.2 Å². The van der Waals surface area contributed by atoms with Crippen LogP contribution in [0.3, 0.4) is 0 Å². The van der Waals surface area contributed by atoms with Gasteiger partial charge in [-0.3, -0.25) is 0 Å². The normalized spacial score (nSPS) is 15.6. The summed E-state index contributed by atoms with van der Waals surface area (Å²) in [6.45, 7) is 0. The van der Waals surface area contributed by atoms with Crippen LogP contribution in [0.25, 0.3) is 76.3 Å². The molecule has 0 saturated heterocycles. The van der Waals surface area contributed by atoms with Crippen molar-refractivity contribution >= 4 is 70.8 Å². The zero-order chi connectivity index (χ0) is 37.7. The lowest BCUT2D eigenvalue weighted by Gasteiger charge is -2.30. The molecular formula is C55H40N2. The van der Waals surface area contributed by atoms with E-state index >= 15 is 0 Å². The van der Waals surface area contributed by atoms with E-state index in [4.69, 9.17) is 0 Å². The molecule has 270 valence electrons. The summed E-state index contributed by atoms with van der Waals surface area (Å²) in [5.41, 5.74) is 11.1. The van der Waals surface area contributed by atoms with E-state index < -0.39 is 0 Å². The third-order valence-electron chi connectivity index (χ3n) is 12.0. The van der Waals surface area contributed by atoms with Crippen LogP contribution in [0.15, 0.2) is 211 Å². The number of nitrogens with one attached hydrogen (secondary N) is 2. The van der Waals surface area contributed by atoms with Gasteiger partial charge in [0.1, 0.15) is 0 Å². The highest BCUT2D eigenvalue weighted by atomic mass is 14.9. The first-order valence-electron chi connectivity index (χ1n) is 20.0. The summed E-state index contributed by atoms with van der Waals surface area (Å²) in [6, 6.07) is 64.0. The summed E-state index contributed by atoms with van der Waals surface area (Å²) in [5.74, 6) is 0. The fraction of sp³-hybridized carbons (Fsp3) is 0.0545. The quantitative estimate of drug-likeness (QED) is 0.167. The van der Waals surface area contributed by atoms with Crippen LogP contribution in [0.4, 0.5) is 5.69 Å². The minimum Gasteiger partial charge on any atom is -0.375 e. The van der Waals surface area contributed by atoms with E-state index in [2.05, 4.69) is 211 Å². The second-order valence-electron chi connectivity index (χ2n) is 15.3. The van der Waals surface area contributed by atoms with Gasteiger partial charge in [0, 0.05) is 28.2 Å². The van der Waals surface area contributed by atoms with Gasteiger partial charge in [-0.2, -0.15) is 0 Å². The Labute approximate surface area is 332 Å². The molecule has 2 N–H and O–H groups in total. The molecule has 0 amide bonds. The van der Waals surface area contributed by atoms with Crippen LogP contribution in [0.5, 0.6) is 0 Å². The molecule has 2 heteroatoms. The Morgan fingerprint density at radius 2 is 1.04 bits per heavy atom. The van der Waals surface area contributed by atoms with E-state index in [1.54, 1.807) is 0 Å². The Hall–Kier alpha value is -7.16. The maximum absolute atomic E-state index is 3.99. The van der Waals surface area contributed by atoms with Crippen molar-refractivity contribution in [3.05, 3.63) is 223 Å². The lowest BCUT2D eigenvalue weighted by Crippen LogP contribution is -2.31. The highest BCUT2D eigenvalue weighted by Gasteiger charge is 2.23. The van der Waals surface area contributed by atoms with Crippen molar-refractivity contribution in [2.45, 2.75) is 18.9 Å². The number of hydrogen-bond donors (Lipinski definition) is 2. The van der Waals surface area contributed by atoms with Gasteiger partial charge in [-0.05, 0) is 113 Å². The molecule has 11 rings (SSSR count). The first kappa shape index (κ1) is 33.2. The second-order valence-corrected chi connectivity index (χ2v) is 15.3. The van der Waals surface area contributed by atoms with Gasteiger partial charge in [-0.15, -0.1) is 0 Å². The van der Waals surface area contributed by atoms with E-state index in [0.29, 0.717) is 0 Å². The van der Waals surface area contributed by atoms with Crippen LogP contribution in [-0.2, 0) is 0 Å². The number of fused-ring (bicyclic) bond motifs is 7. The van der Waals surface area contributed by atoms with Gasteiger partial charge in [-0.25, -0.2) is 0 Å². The third-order valence-corrected chi connectivity index (χ3v) is 12.0. The lowest BCUT2D eigenvalue weighted by molar-refractivity contribution is 0.740. The molecule has 57 heavy (non-hydrogen) atoms. The molecule has 0 saturated carbocycles. The molecule has 0 bridgehead atoms. The molecule has 0 fully saturated rings. The first-order valence-corrected chi connectivity index (χ1v) is 20.0. The van der Waals surface area contributed by atoms with E-state index in [1.807, 2.05) is 0 Å². The van der Waals surface area contributed by atoms with Gasteiger partial charge in [0.2, 0.25) is 0 Å². The molecule has 2 aliphatic rings. The number of rotatable bonds is 6. The molecule has 0 aromatic heterocycles. The number of dihydropyridines is 1. The van der Waals surface area contributed by atoms with Crippen molar-refractivity contribution < 1.29 is 0 Å². The molecular weight excluding hydrogens is 689 g/mol. The molecule has 2 nitrogen and oxygen atoms in total. The van der Waals surface area contributed by atoms with Gasteiger partial charge in [0.25, 0.3) is 0 Å². The topological polar surface area (TPSA) is 24.1 Å². The average molecular weight is 729 g/mol. The number of para-hydroxylation sites is 1. The van der Waals surface area contributed by atoms with Crippen molar-refractivity contribution in [1.82, 2.24) is 5.32 Å². The Kier molecular flexibility index (Phi) is 8.07. The molecule has 0 radical (unpaired) electrons. The average Bonchev–Trinajstić information content (AvgIpc) is 3.28. The summed E-state index contributed by atoms with van der Waals surface area (Å²) >= 11 is 0. The maximum Gasteiger partial charge on any atom is 0.0670 e. The monoisotopic (exact) mass is 728 g/mol. The van der Waals surface area contributed by atoms with Crippen LogP contribution in [0.2, 0.25) is 0 Å². The predicted octanol–water partition coefficient (Wildman–Crippen LogP) is 14.2. The summed E-state index contributed by atoms with van der Waals surface area (Å²) in [4.78, 5) is 0. The Morgan fingerprint density at radius 1 is 0.439 bits per heavy atom. The molecule has 9 aromatic rings. The first-order chi connectivity index (χ1) is 28.2. The maximum atomic E-state index is 3.99. The highest BCUT2D eigenvalue weighted by molar-refractivity contribution is 6.23. The van der Waals surface area contributed by atoms with E-state index in [1.165, 1.54) is 93.0 Å². The minimum atomic E-state index is 0.0558. The van der Waals surface area contributed by atoms with Gasteiger partial charge >= 0.3 is 0 Å². The largest absolute Gasteiger partial charge is 0.375 e. The van der Waals surface area contributed by atoms with E-state index in [9.17, 15) is 0 Å². The molecule has 0 spiro atoms. The van der Waals surface area contributed by atoms with Crippen LogP contribution >= 0.6 is 0 Å². The van der Waals surface area contributed by atoms with Crippen molar-refractivity contribution in [2.75, 3.05) is 5.32 Å². The van der Waals surface area contributed by atoms with Crippen molar-refractivity contribution in [3.8, 4) is 11.1 Å². The van der Waals surface area contributed by atoms with Crippen molar-refractivity contribution in [2.24, 2.45) is 0 Å². The Bertz CT molecular complexity index is 3180. The number of benzene rings is 9. The summed E-state index contributed by atoms with van der Waals surface area (Å²) in [5, 5.41) is 20.6. The zero-order valence-corrected chi connectivity index (χ0v) is 31.5. The van der Waals surface area contributed by atoms with Crippen LogP contribution in [-0.4, -0.2) is 6.04 Å². The summed E-state index contributed by atoms with van der Waals surface area (Å²) in [7, 11) is 0. The Balaban J connectivity index is 0.978. The van der Waals surface area contributed by atoms with Crippen molar-refractivity contribution in [1.29, 1.82) is 0 Å². The van der Waals surface area contributed by atoms with Crippen LogP contribution in [0, 0.1) is 0 Å². The zero-order valence-electron chi connectivity index (χ0n) is 31.5. The number of allylic oxidation sites excluding steroid dienone is 5. The number of hydrogen-bond acceptors (Lipinski definition) is 2. The number of anilines is 1. The molecule has 1 aliphatic carbocycles. The van der Waals surface area contributed by atoms with Crippen LogP contribution in [0.1, 0.15) is 24.0 Å². The predicted molar refractivity (Wildman–Crippen MR) is 244 cm³/mol. The molecule has 1 unspecified atom stereocenters. The van der Waals surface area contributed by atoms with E-state index in [-0.39, 0.29) is 6.04 Å². The molecule has 1 aliphatic heterocycles. The molecule has 1 atom stereocenters. The summed E-state index contributed by atoms with van der Waals surface area (Å²) < 4.78 is 0. The van der Waals surface area contributed by atoms with Crippen molar-refractivity contribution in [3.63, 3.8) is 0 Å². The van der Waals surface area contributed by atoms with Gasteiger partial charge in [0.15, 0.2) is 0 Å². The molecule has 1 heterocycles. The van der Waals surface area contributed by atoms with Gasteiger partial charge in [0.05, 0.1) is 6.04 Å². The SMILES string of the molecule is C1=C(Nc2ccccc2-c2cc3ccccc3c3ccc4ccccc4c23)CCC(C2C=C(c3cccc4ccccc34)C=C(c3cccc4ccccc34)N2)=C1. The van der Waals surface area contributed by atoms with Gasteiger partial charge < -0.3 is 10.6 Å². The lowest BCUT2D eigenvalue weighted by atomic mass is 9.87. The standard InChI is InChI=1S/C55H40N2/c1-5-19-43-36(13-1)17-11-24-46(43)41-34-53(57-54(35-41)48-25-12-18-37-14-2-6-20-44(37)48)39-27-30-42(31-28-39)56-52-26-10-9-23-49(52)51-33-40-16-4-7-21-45(40)50-32-29-38-15-3-8-22-47(38)55(50)51/h1-27,29-30,32-35,53,56-57H,28,31H2. The fourth-order valence-corrected chi connectivity index (χ4v) is 9.21. The molecule has 9 aromatic carbocycles. The Morgan fingerprint density at radius 3 is 1.79 bits per heavy atom. The van der Waals surface area contributed by atoms with Crippen LogP contribution < -0.4 is 10.6 Å². The third kappa shape index (κ3) is 5.89. The summed E-state index contributed by atoms with van der Waals surface area (Å²) in [6.07, 6.45) is 11.3. The highest BCUT2D eigenvalue weighted by Crippen LogP contribution is 2.42. The minimum absolute atomic E-state index is 0.0558. The smallest absolute Gasteiger partial charge is 0.0670 e. The fourth-order valence-electron chi connectivity index (χ4n) is 9.21. The second kappa shape index (κ2) is 13.8.